The van der Waals surface area contributed by atoms with E-state index in [2.05, 4.69) is 14.9 Å². The molecule has 7 rings (SSSR count). The highest BCUT2D eigenvalue weighted by Crippen LogP contribution is 2.41. The van der Waals surface area contributed by atoms with Crippen LogP contribution in [0.1, 0.15) is 29.6 Å². The Morgan fingerprint density at radius 2 is 1.71 bits per heavy atom. The number of aromatic nitrogens is 3. The van der Waals surface area contributed by atoms with Gasteiger partial charge in [0.15, 0.2) is 5.58 Å². The number of benzene rings is 2. The summed E-state index contributed by atoms with van der Waals surface area (Å²) in [6.45, 7) is 5.78. The Kier molecular flexibility index (Phi) is 5.57. The first kappa shape index (κ1) is 23.2. The maximum Gasteiger partial charge on any atom is 0.298 e. The predicted octanol–water partition coefficient (Wildman–Crippen LogP) is 3.03. The van der Waals surface area contributed by atoms with Crippen LogP contribution in [0.15, 0.2) is 51.7 Å². The van der Waals surface area contributed by atoms with Crippen molar-refractivity contribution in [3.63, 3.8) is 0 Å². The zero-order chi connectivity index (χ0) is 25.7. The summed E-state index contributed by atoms with van der Waals surface area (Å²) in [7, 11) is 0. The van der Waals surface area contributed by atoms with Crippen LogP contribution >= 0.6 is 0 Å². The molecule has 2 aromatic heterocycles. The molecule has 5 heterocycles. The van der Waals surface area contributed by atoms with Gasteiger partial charge in [-0.1, -0.05) is 12.1 Å². The number of aromatic amines is 1. The molecule has 0 saturated carbocycles. The lowest BCUT2D eigenvalue weighted by molar-refractivity contribution is 0.0253. The monoisotopic (exact) mass is 514 g/mol. The molecule has 10 heteroatoms. The summed E-state index contributed by atoms with van der Waals surface area (Å²) in [5.74, 6) is 0.507. The van der Waals surface area contributed by atoms with E-state index in [1.165, 1.54) is 0 Å². The third-order valence-electron chi connectivity index (χ3n) is 8.35. The molecule has 0 bridgehead atoms. The largest absolute Gasteiger partial charge is 0.423 e. The third-order valence-corrected chi connectivity index (χ3v) is 8.35. The van der Waals surface area contributed by atoms with Crippen molar-refractivity contribution in [3.05, 3.63) is 58.4 Å². The standard InChI is InChI=1S/C28H30N6O4/c35-24-20-3-1-2-4-21(20)29-26(31-24)33-13-11-32(12-14-33)25(36)19-5-6-22-23(17-19)38-27(30-22)34-10-7-28(18-34)8-15-37-16-9-28/h1-6,17H,7-16,18H2,(H,29,31,35). The molecule has 3 fully saturated rings. The molecule has 3 aliphatic rings. The van der Waals surface area contributed by atoms with E-state index in [1.807, 2.05) is 46.2 Å². The Morgan fingerprint density at radius 3 is 2.55 bits per heavy atom. The van der Waals surface area contributed by atoms with Crippen LogP contribution in [0.3, 0.4) is 0 Å². The van der Waals surface area contributed by atoms with Gasteiger partial charge in [-0.2, -0.15) is 4.98 Å². The molecule has 0 aliphatic carbocycles. The van der Waals surface area contributed by atoms with Crippen LogP contribution < -0.4 is 15.4 Å². The number of carbonyl (C=O) groups is 1. The maximum absolute atomic E-state index is 13.3. The minimum Gasteiger partial charge on any atom is -0.423 e. The molecule has 0 radical (unpaired) electrons. The molecule has 2 aromatic carbocycles. The molecule has 3 aliphatic heterocycles. The summed E-state index contributed by atoms with van der Waals surface area (Å²) in [6, 6.07) is 13.5. The number of carbonyl (C=O) groups excluding carboxylic acids is 1. The van der Waals surface area contributed by atoms with E-state index in [4.69, 9.17) is 14.1 Å². The molecular weight excluding hydrogens is 484 g/mol. The van der Waals surface area contributed by atoms with E-state index in [0.717, 1.165) is 51.1 Å². The topological polar surface area (TPSA) is 108 Å². The lowest BCUT2D eigenvalue weighted by atomic mass is 9.80. The second-order valence-corrected chi connectivity index (χ2v) is 10.6. The van der Waals surface area contributed by atoms with Crippen molar-refractivity contribution in [2.45, 2.75) is 19.3 Å². The number of nitrogens with one attached hydrogen (secondary N) is 1. The fourth-order valence-electron chi connectivity index (χ4n) is 6.02. The number of ether oxygens (including phenoxy) is 1. The SMILES string of the molecule is O=C(c1ccc2nc(N3CCC4(CCOCC4)C3)oc2c1)N1CCN(c2nc3ccccc3c(=O)[nH]2)CC1. The fraction of sp³-hybridized carbons (Fsp3) is 0.429. The molecule has 196 valence electrons. The van der Waals surface area contributed by atoms with Gasteiger partial charge in [0.05, 0.1) is 10.9 Å². The van der Waals surface area contributed by atoms with Gasteiger partial charge in [0.25, 0.3) is 17.5 Å². The fourth-order valence-corrected chi connectivity index (χ4v) is 6.02. The Hall–Kier alpha value is -3.92. The molecule has 0 atom stereocenters. The van der Waals surface area contributed by atoms with Crippen molar-refractivity contribution in [2.75, 3.05) is 62.3 Å². The van der Waals surface area contributed by atoms with E-state index < -0.39 is 0 Å². The molecule has 38 heavy (non-hydrogen) atoms. The Bertz CT molecular complexity index is 1560. The second kappa shape index (κ2) is 9.13. The molecule has 10 nitrogen and oxygen atoms in total. The number of hydrogen-bond donors (Lipinski definition) is 1. The number of rotatable bonds is 3. The van der Waals surface area contributed by atoms with Crippen LogP contribution in [0.5, 0.6) is 0 Å². The van der Waals surface area contributed by atoms with Crippen LogP contribution in [0.25, 0.3) is 22.0 Å². The van der Waals surface area contributed by atoms with E-state index in [0.29, 0.717) is 65.6 Å². The number of piperazine rings is 1. The van der Waals surface area contributed by atoms with Crippen molar-refractivity contribution in [3.8, 4) is 0 Å². The zero-order valence-electron chi connectivity index (χ0n) is 21.2. The van der Waals surface area contributed by atoms with E-state index in [9.17, 15) is 9.59 Å². The third kappa shape index (κ3) is 4.09. The second-order valence-electron chi connectivity index (χ2n) is 10.6. The molecule has 1 spiro atoms. The molecule has 3 saturated heterocycles. The zero-order valence-corrected chi connectivity index (χ0v) is 21.2. The van der Waals surface area contributed by atoms with Gasteiger partial charge in [0.2, 0.25) is 5.95 Å². The predicted molar refractivity (Wildman–Crippen MR) is 144 cm³/mol. The number of para-hydroxylation sites is 1. The molecular formula is C28H30N6O4. The molecule has 1 N–H and O–H groups in total. The quantitative estimate of drug-likeness (QED) is 0.445. The van der Waals surface area contributed by atoms with Gasteiger partial charge in [-0.25, -0.2) is 4.98 Å². The lowest BCUT2D eigenvalue weighted by Gasteiger charge is -2.35. The highest BCUT2D eigenvalue weighted by Gasteiger charge is 2.40. The maximum atomic E-state index is 13.3. The smallest absolute Gasteiger partial charge is 0.298 e. The van der Waals surface area contributed by atoms with Crippen molar-refractivity contribution in [1.82, 2.24) is 19.9 Å². The number of H-pyrrole nitrogens is 1. The summed E-state index contributed by atoms with van der Waals surface area (Å²) in [4.78, 5) is 44.1. The van der Waals surface area contributed by atoms with Crippen LogP contribution in [-0.4, -0.2) is 78.2 Å². The first-order chi connectivity index (χ1) is 18.6. The number of nitrogens with zero attached hydrogens (tertiary/aromatic N) is 5. The number of anilines is 2. The van der Waals surface area contributed by atoms with E-state index in [-0.39, 0.29) is 11.5 Å². The summed E-state index contributed by atoms with van der Waals surface area (Å²) >= 11 is 0. The van der Waals surface area contributed by atoms with Crippen molar-refractivity contribution in [1.29, 1.82) is 0 Å². The van der Waals surface area contributed by atoms with Gasteiger partial charge in [0.1, 0.15) is 5.52 Å². The first-order valence-electron chi connectivity index (χ1n) is 13.3. The first-order valence-corrected chi connectivity index (χ1v) is 13.3. The summed E-state index contributed by atoms with van der Waals surface area (Å²) in [5.41, 5.74) is 2.81. The van der Waals surface area contributed by atoms with Crippen molar-refractivity contribution < 1.29 is 13.9 Å². The van der Waals surface area contributed by atoms with E-state index >= 15 is 0 Å². The van der Waals surface area contributed by atoms with Gasteiger partial charge < -0.3 is 23.9 Å². The minimum absolute atomic E-state index is 0.0354. The lowest BCUT2D eigenvalue weighted by Crippen LogP contribution is -2.49. The Morgan fingerprint density at radius 1 is 0.895 bits per heavy atom. The van der Waals surface area contributed by atoms with Crippen LogP contribution in [0.4, 0.5) is 12.0 Å². The summed E-state index contributed by atoms with van der Waals surface area (Å²) in [5, 5.41) is 0.573. The highest BCUT2D eigenvalue weighted by atomic mass is 16.5. The van der Waals surface area contributed by atoms with Gasteiger partial charge in [-0.3, -0.25) is 14.6 Å². The normalized spacial score (nSPS) is 19.6. The van der Waals surface area contributed by atoms with Crippen LogP contribution in [-0.2, 0) is 4.74 Å². The average Bonchev–Trinajstić information content (AvgIpc) is 3.57. The molecule has 4 aromatic rings. The summed E-state index contributed by atoms with van der Waals surface area (Å²) in [6.07, 6.45) is 3.30. The molecule has 0 unspecified atom stereocenters. The van der Waals surface area contributed by atoms with Crippen LogP contribution in [0, 0.1) is 5.41 Å². The van der Waals surface area contributed by atoms with Crippen LogP contribution in [0.2, 0.25) is 0 Å². The van der Waals surface area contributed by atoms with Gasteiger partial charge in [0, 0.05) is 58.0 Å². The van der Waals surface area contributed by atoms with Crippen molar-refractivity contribution >= 4 is 39.9 Å². The van der Waals surface area contributed by atoms with Gasteiger partial charge >= 0.3 is 0 Å². The summed E-state index contributed by atoms with van der Waals surface area (Å²) < 4.78 is 11.7. The van der Waals surface area contributed by atoms with E-state index in [1.54, 1.807) is 6.07 Å². The minimum atomic E-state index is -0.152. The van der Waals surface area contributed by atoms with Gasteiger partial charge in [-0.05, 0) is 55.0 Å². The Labute approximate surface area is 219 Å². The molecule has 1 amide bonds. The average molecular weight is 515 g/mol. The van der Waals surface area contributed by atoms with Crippen molar-refractivity contribution in [2.24, 2.45) is 5.41 Å². The number of fused-ring (bicyclic) bond motifs is 2. The number of amides is 1. The highest BCUT2D eigenvalue weighted by molar-refractivity contribution is 5.97. The number of hydrogen-bond acceptors (Lipinski definition) is 8. The van der Waals surface area contributed by atoms with Gasteiger partial charge in [-0.15, -0.1) is 0 Å². The Balaban J connectivity index is 1.04. The number of oxazole rings is 1.